The summed E-state index contributed by atoms with van der Waals surface area (Å²) in [5.41, 5.74) is -0.703. The van der Waals surface area contributed by atoms with Crippen molar-refractivity contribution in [3.63, 3.8) is 0 Å². The molecule has 0 spiro atoms. The van der Waals surface area contributed by atoms with E-state index in [4.69, 9.17) is 14.2 Å². The van der Waals surface area contributed by atoms with Crippen molar-refractivity contribution < 1.29 is 28.6 Å². The van der Waals surface area contributed by atoms with Gasteiger partial charge in [-0.1, -0.05) is 15.9 Å². The van der Waals surface area contributed by atoms with Crippen molar-refractivity contribution in [2.45, 2.75) is 44.0 Å². The minimum Gasteiger partial charge on any atom is -0.463 e. The average Bonchev–Trinajstić information content (AvgIpc) is 2.81. The van der Waals surface area contributed by atoms with Crippen LogP contribution >= 0.6 is 15.9 Å². The Morgan fingerprint density at radius 2 is 2.00 bits per heavy atom. The molecule has 2 heterocycles. The Morgan fingerprint density at radius 3 is 2.54 bits per heavy atom. The van der Waals surface area contributed by atoms with Gasteiger partial charge in [-0.2, -0.15) is 4.98 Å². The predicted molar refractivity (Wildman–Crippen MR) is 91.6 cm³/mol. The van der Waals surface area contributed by atoms with Crippen LogP contribution in [0.25, 0.3) is 0 Å². The zero-order valence-corrected chi connectivity index (χ0v) is 15.9. The lowest BCUT2D eigenvalue weighted by Gasteiger charge is -2.21. The summed E-state index contributed by atoms with van der Waals surface area (Å²) in [5, 5.41) is 2.40. The van der Waals surface area contributed by atoms with Gasteiger partial charge in [0.05, 0.1) is 4.83 Å². The molecular weight excluding hydrogens is 414 g/mol. The van der Waals surface area contributed by atoms with Crippen molar-refractivity contribution in [2.75, 3.05) is 11.9 Å². The zero-order valence-electron chi connectivity index (χ0n) is 14.3. The van der Waals surface area contributed by atoms with E-state index in [9.17, 15) is 19.2 Å². The Bertz CT molecular complexity index is 766. The second-order valence-corrected chi connectivity index (χ2v) is 6.63. The first-order chi connectivity index (χ1) is 12.2. The maximum atomic E-state index is 12.3. The summed E-state index contributed by atoms with van der Waals surface area (Å²) in [6.07, 6.45) is -1.10. The van der Waals surface area contributed by atoms with E-state index in [0.29, 0.717) is 0 Å². The van der Waals surface area contributed by atoms with Crippen molar-refractivity contribution in [1.82, 2.24) is 9.55 Å². The first-order valence-electron chi connectivity index (χ1n) is 7.66. The van der Waals surface area contributed by atoms with E-state index in [2.05, 4.69) is 26.2 Å². The summed E-state index contributed by atoms with van der Waals surface area (Å²) in [5.74, 6) is -1.32. The van der Waals surface area contributed by atoms with Gasteiger partial charge in [0.15, 0.2) is 12.3 Å². The molecule has 0 saturated carbocycles. The molecule has 1 aromatic rings. The fourth-order valence-electron chi connectivity index (χ4n) is 2.43. The van der Waals surface area contributed by atoms with Crippen LogP contribution in [-0.4, -0.2) is 51.0 Å². The summed E-state index contributed by atoms with van der Waals surface area (Å²) < 4.78 is 17.1. The van der Waals surface area contributed by atoms with Gasteiger partial charge < -0.3 is 19.5 Å². The SMILES string of the molecule is CC(=O)Nc1ccn([C@@H]2O[C@H](COC(C)=O)[C@H](Br)[C@H]2OC(C)=O)c(=O)n1. The molecule has 11 heteroatoms. The van der Waals surface area contributed by atoms with Crippen LogP contribution < -0.4 is 11.0 Å². The number of nitrogens with one attached hydrogen (secondary N) is 1. The molecule has 142 valence electrons. The molecular formula is C15H18BrN3O7. The minimum atomic E-state index is -0.977. The number of carbonyl (C=O) groups excluding carboxylic acids is 3. The van der Waals surface area contributed by atoms with Crippen molar-refractivity contribution in [2.24, 2.45) is 0 Å². The number of alkyl halides is 1. The molecule has 0 aromatic carbocycles. The van der Waals surface area contributed by atoms with Crippen molar-refractivity contribution in [3.05, 3.63) is 22.7 Å². The van der Waals surface area contributed by atoms with Gasteiger partial charge in [-0.05, 0) is 6.07 Å². The highest BCUT2D eigenvalue weighted by Gasteiger charge is 2.47. The summed E-state index contributed by atoms with van der Waals surface area (Å²) in [6, 6.07) is 1.42. The van der Waals surface area contributed by atoms with Crippen LogP contribution in [0.1, 0.15) is 27.0 Å². The largest absolute Gasteiger partial charge is 0.463 e. The quantitative estimate of drug-likeness (QED) is 0.522. The van der Waals surface area contributed by atoms with E-state index in [-0.39, 0.29) is 18.3 Å². The van der Waals surface area contributed by atoms with Crippen LogP contribution in [0.3, 0.4) is 0 Å². The van der Waals surface area contributed by atoms with Gasteiger partial charge in [0.2, 0.25) is 5.91 Å². The summed E-state index contributed by atoms with van der Waals surface area (Å²) in [4.78, 5) is 49.0. The molecule has 1 amide bonds. The number of rotatable bonds is 5. The van der Waals surface area contributed by atoms with Crippen LogP contribution in [0, 0.1) is 0 Å². The molecule has 10 nitrogen and oxygen atoms in total. The topological polar surface area (TPSA) is 126 Å². The van der Waals surface area contributed by atoms with Crippen LogP contribution in [0.5, 0.6) is 0 Å². The lowest BCUT2D eigenvalue weighted by atomic mass is 10.2. The predicted octanol–water partition coefficient (Wildman–Crippen LogP) is 0.357. The molecule has 0 unspecified atom stereocenters. The van der Waals surface area contributed by atoms with E-state index in [1.807, 2.05) is 0 Å². The Kier molecular flexibility index (Phi) is 6.48. The molecule has 1 saturated heterocycles. The Labute approximate surface area is 156 Å². The van der Waals surface area contributed by atoms with Crippen molar-refractivity contribution >= 4 is 39.6 Å². The number of amides is 1. The number of hydrogen-bond donors (Lipinski definition) is 1. The fourth-order valence-corrected chi connectivity index (χ4v) is 3.07. The number of aromatic nitrogens is 2. The average molecular weight is 432 g/mol. The molecule has 1 N–H and O–H groups in total. The molecule has 0 radical (unpaired) electrons. The number of carbonyl (C=O) groups is 3. The molecule has 1 aliphatic heterocycles. The fraction of sp³-hybridized carbons (Fsp3) is 0.533. The van der Waals surface area contributed by atoms with Crippen LogP contribution in [-0.2, 0) is 28.6 Å². The molecule has 0 bridgehead atoms. The Morgan fingerprint density at radius 1 is 1.31 bits per heavy atom. The number of hydrogen-bond acceptors (Lipinski definition) is 8. The highest BCUT2D eigenvalue weighted by atomic mass is 79.9. The molecule has 1 aliphatic rings. The second kappa shape index (κ2) is 8.41. The van der Waals surface area contributed by atoms with Gasteiger partial charge in [-0.3, -0.25) is 19.0 Å². The van der Waals surface area contributed by atoms with Gasteiger partial charge >= 0.3 is 17.6 Å². The molecule has 0 aliphatic carbocycles. The van der Waals surface area contributed by atoms with E-state index < -0.39 is 40.9 Å². The summed E-state index contributed by atoms with van der Waals surface area (Å²) in [7, 11) is 0. The lowest BCUT2D eigenvalue weighted by molar-refractivity contribution is -0.153. The molecule has 26 heavy (non-hydrogen) atoms. The van der Waals surface area contributed by atoms with E-state index in [1.54, 1.807) is 0 Å². The maximum Gasteiger partial charge on any atom is 0.351 e. The van der Waals surface area contributed by atoms with Crippen molar-refractivity contribution in [3.8, 4) is 0 Å². The van der Waals surface area contributed by atoms with Crippen LogP contribution in [0.15, 0.2) is 17.1 Å². The summed E-state index contributed by atoms with van der Waals surface area (Å²) >= 11 is 3.37. The maximum absolute atomic E-state index is 12.3. The second-order valence-electron chi connectivity index (χ2n) is 5.57. The smallest absolute Gasteiger partial charge is 0.351 e. The highest BCUT2D eigenvalue weighted by Crippen LogP contribution is 2.35. The summed E-state index contributed by atoms with van der Waals surface area (Å²) in [6.45, 7) is 3.70. The van der Waals surface area contributed by atoms with Gasteiger partial charge in [-0.15, -0.1) is 0 Å². The number of nitrogens with zero attached hydrogens (tertiary/aromatic N) is 2. The standard InChI is InChI=1S/C15H18BrN3O7/c1-7(20)17-11-4-5-19(15(23)18-11)14-13(25-9(3)22)12(16)10(26-14)6-24-8(2)21/h4-5,10,12-14H,6H2,1-3H3,(H,17,18,20,23)/t10-,12+,13-,14-/m1/s1. The number of anilines is 1. The third-order valence-corrected chi connectivity index (χ3v) is 4.54. The van der Waals surface area contributed by atoms with Crippen LogP contribution in [0.4, 0.5) is 5.82 Å². The van der Waals surface area contributed by atoms with Gasteiger partial charge in [0.1, 0.15) is 18.5 Å². The number of halogens is 1. The third kappa shape index (κ3) is 4.88. The van der Waals surface area contributed by atoms with E-state index in [0.717, 1.165) is 4.57 Å². The molecule has 1 fully saturated rings. The van der Waals surface area contributed by atoms with E-state index in [1.165, 1.54) is 33.0 Å². The van der Waals surface area contributed by atoms with Crippen LogP contribution in [0.2, 0.25) is 0 Å². The van der Waals surface area contributed by atoms with Gasteiger partial charge in [0.25, 0.3) is 0 Å². The zero-order chi connectivity index (χ0) is 19.4. The van der Waals surface area contributed by atoms with E-state index >= 15 is 0 Å². The molecule has 1 aromatic heterocycles. The van der Waals surface area contributed by atoms with Crippen molar-refractivity contribution in [1.29, 1.82) is 0 Å². The normalized spacial score (nSPS) is 24.8. The Balaban J connectivity index is 2.29. The molecule has 2 rings (SSSR count). The number of ether oxygens (including phenoxy) is 3. The molecule has 4 atom stereocenters. The monoisotopic (exact) mass is 431 g/mol. The van der Waals surface area contributed by atoms with Gasteiger partial charge in [-0.25, -0.2) is 4.79 Å². The minimum absolute atomic E-state index is 0.0777. The number of esters is 2. The van der Waals surface area contributed by atoms with Gasteiger partial charge in [0, 0.05) is 27.0 Å². The first-order valence-corrected chi connectivity index (χ1v) is 8.57. The lowest BCUT2D eigenvalue weighted by Crippen LogP contribution is -2.36. The highest BCUT2D eigenvalue weighted by molar-refractivity contribution is 9.09. The Hall–Kier alpha value is -2.27. The first kappa shape index (κ1) is 20.0. The third-order valence-electron chi connectivity index (χ3n) is 3.43.